The minimum Gasteiger partial charge on any atom is -0.366 e. The Hall–Kier alpha value is -3.39. The number of anilines is 1. The molecule has 0 amide bonds. The van der Waals surface area contributed by atoms with Gasteiger partial charge in [-0.25, -0.2) is 9.37 Å². The van der Waals surface area contributed by atoms with E-state index < -0.39 is 11.9 Å². The number of ketones is 1. The predicted octanol–water partition coefficient (Wildman–Crippen LogP) is 2.38. The molecule has 1 atom stereocenters. The van der Waals surface area contributed by atoms with Crippen molar-refractivity contribution < 1.29 is 13.9 Å². The molecule has 0 saturated carbocycles. The molecule has 0 bridgehead atoms. The highest BCUT2D eigenvalue weighted by Crippen LogP contribution is 2.22. The first-order valence-corrected chi connectivity index (χ1v) is 9.59. The maximum Gasteiger partial charge on any atom is 0.255 e. The zero-order valence-corrected chi connectivity index (χ0v) is 16.7. The molecule has 1 aromatic carbocycles. The van der Waals surface area contributed by atoms with Crippen LogP contribution in [0.15, 0.2) is 53.6 Å². The van der Waals surface area contributed by atoms with Crippen LogP contribution in [0.5, 0.6) is 0 Å². The first-order valence-electron chi connectivity index (χ1n) is 9.59. The topological polar surface area (TPSA) is 77.3 Å². The number of hydrogen-bond acceptors (Lipinski definition) is 6. The van der Waals surface area contributed by atoms with E-state index in [2.05, 4.69) is 9.97 Å². The van der Waals surface area contributed by atoms with Crippen molar-refractivity contribution in [2.45, 2.75) is 13.0 Å². The molecule has 30 heavy (non-hydrogen) atoms. The number of aryl methyl sites for hydroxylation is 1. The van der Waals surface area contributed by atoms with Crippen LogP contribution in [0.25, 0.3) is 11.3 Å². The maximum atomic E-state index is 13.7. The molecule has 154 valence electrons. The molecule has 1 unspecified atom stereocenters. The molecule has 3 heterocycles. The van der Waals surface area contributed by atoms with Gasteiger partial charge in [-0.1, -0.05) is 6.07 Å². The summed E-state index contributed by atoms with van der Waals surface area (Å²) in [6, 6.07) is 9.17. The molecule has 1 saturated heterocycles. The molecule has 1 fully saturated rings. The molecule has 8 heteroatoms. The van der Waals surface area contributed by atoms with Crippen LogP contribution in [0.4, 0.5) is 10.3 Å². The van der Waals surface area contributed by atoms with E-state index in [0.29, 0.717) is 35.9 Å². The Kier molecular flexibility index (Phi) is 5.41. The van der Waals surface area contributed by atoms with Crippen LogP contribution in [0, 0.1) is 12.7 Å². The summed E-state index contributed by atoms with van der Waals surface area (Å²) in [7, 11) is 1.64. The van der Waals surface area contributed by atoms with E-state index >= 15 is 0 Å². The van der Waals surface area contributed by atoms with Gasteiger partial charge in [0, 0.05) is 43.2 Å². The van der Waals surface area contributed by atoms with Gasteiger partial charge in [-0.2, -0.15) is 0 Å². The van der Waals surface area contributed by atoms with Crippen LogP contribution >= 0.6 is 0 Å². The summed E-state index contributed by atoms with van der Waals surface area (Å²) < 4.78 is 20.8. The lowest BCUT2D eigenvalue weighted by Gasteiger charge is -2.34. The molecule has 3 aromatic rings. The number of hydrogen-bond donors (Lipinski definition) is 0. The van der Waals surface area contributed by atoms with Crippen molar-refractivity contribution in [2.75, 3.05) is 24.6 Å². The van der Waals surface area contributed by atoms with Crippen LogP contribution in [-0.2, 0) is 11.8 Å². The molecule has 4 rings (SSSR count). The fraction of sp³-hybridized carbons (Fsp3) is 0.273. The van der Waals surface area contributed by atoms with Crippen LogP contribution < -0.4 is 10.5 Å². The number of Topliss-reactive ketones (excluding diaryl/α,β-unsaturated/α-hetero) is 1. The number of carbonyl (C=O) groups is 1. The zero-order valence-electron chi connectivity index (χ0n) is 16.7. The van der Waals surface area contributed by atoms with Gasteiger partial charge in [-0.15, -0.1) is 0 Å². The van der Waals surface area contributed by atoms with Gasteiger partial charge >= 0.3 is 0 Å². The average molecular weight is 408 g/mol. The minimum absolute atomic E-state index is 0.206. The summed E-state index contributed by atoms with van der Waals surface area (Å²) in [6.07, 6.45) is 2.50. The Morgan fingerprint density at radius 1 is 1.20 bits per heavy atom. The van der Waals surface area contributed by atoms with Gasteiger partial charge in [0.2, 0.25) is 5.95 Å². The van der Waals surface area contributed by atoms with Gasteiger partial charge in [0.25, 0.3) is 5.56 Å². The first kappa shape index (κ1) is 19.9. The Labute approximate surface area is 172 Å². The van der Waals surface area contributed by atoms with Crippen LogP contribution in [0.3, 0.4) is 0 Å². The third kappa shape index (κ3) is 3.86. The lowest BCUT2D eigenvalue weighted by Crippen LogP contribution is -2.48. The lowest BCUT2D eigenvalue weighted by atomic mass is 10.00. The summed E-state index contributed by atoms with van der Waals surface area (Å²) >= 11 is 0. The standard InChI is InChI=1S/C22H21FN4O3/c1-14-3-4-16(23)11-17(14)21(29)19-13-27(9-10-30-19)22-25-18(12-20(28)26(22)2)15-5-7-24-8-6-15/h3-8,11-12,19H,9-10,13H2,1-2H3. The molecule has 1 aliphatic rings. The predicted molar refractivity (Wildman–Crippen MR) is 110 cm³/mol. The van der Waals surface area contributed by atoms with Crippen LogP contribution in [0.1, 0.15) is 15.9 Å². The Morgan fingerprint density at radius 3 is 2.73 bits per heavy atom. The van der Waals surface area contributed by atoms with E-state index in [9.17, 15) is 14.0 Å². The molecule has 0 N–H and O–H groups in total. The highest BCUT2D eigenvalue weighted by atomic mass is 19.1. The molecule has 2 aromatic heterocycles. The summed E-state index contributed by atoms with van der Waals surface area (Å²) in [5.41, 5.74) is 2.09. The van der Waals surface area contributed by atoms with Crippen LogP contribution in [0.2, 0.25) is 0 Å². The highest BCUT2D eigenvalue weighted by Gasteiger charge is 2.30. The minimum atomic E-state index is -0.777. The summed E-state index contributed by atoms with van der Waals surface area (Å²) in [5.74, 6) is -0.302. The average Bonchev–Trinajstić information content (AvgIpc) is 2.77. The largest absolute Gasteiger partial charge is 0.366 e. The van der Waals surface area contributed by atoms with E-state index in [1.54, 1.807) is 44.6 Å². The van der Waals surface area contributed by atoms with Crippen molar-refractivity contribution in [3.8, 4) is 11.3 Å². The van der Waals surface area contributed by atoms with Crippen molar-refractivity contribution >= 4 is 11.7 Å². The quantitative estimate of drug-likeness (QED) is 0.617. The van der Waals surface area contributed by atoms with Gasteiger partial charge in [0.05, 0.1) is 18.8 Å². The van der Waals surface area contributed by atoms with Gasteiger partial charge in [0.1, 0.15) is 11.9 Å². The van der Waals surface area contributed by atoms with Crippen molar-refractivity contribution in [2.24, 2.45) is 7.05 Å². The fourth-order valence-corrected chi connectivity index (χ4v) is 3.50. The number of carbonyl (C=O) groups excluding carboxylic acids is 1. The van der Waals surface area contributed by atoms with E-state index in [0.717, 1.165) is 5.56 Å². The Balaban J connectivity index is 1.65. The Morgan fingerprint density at radius 2 is 1.97 bits per heavy atom. The molecule has 7 nitrogen and oxygen atoms in total. The number of benzene rings is 1. The summed E-state index contributed by atoms with van der Waals surface area (Å²) in [4.78, 5) is 36.0. The van der Waals surface area contributed by atoms with Crippen molar-refractivity contribution in [1.82, 2.24) is 14.5 Å². The number of halogens is 1. The molecular weight excluding hydrogens is 387 g/mol. The number of aromatic nitrogens is 3. The Bertz CT molecular complexity index is 1150. The second-order valence-corrected chi connectivity index (χ2v) is 7.20. The van der Waals surface area contributed by atoms with E-state index in [4.69, 9.17) is 4.74 Å². The lowest BCUT2D eigenvalue weighted by molar-refractivity contribution is 0.0336. The number of ether oxygens (including phenoxy) is 1. The number of nitrogens with zero attached hydrogens (tertiary/aromatic N) is 4. The van der Waals surface area contributed by atoms with Crippen molar-refractivity contribution in [3.05, 3.63) is 76.1 Å². The monoisotopic (exact) mass is 408 g/mol. The maximum absolute atomic E-state index is 13.7. The van der Waals surface area contributed by atoms with Gasteiger partial charge in [-0.3, -0.25) is 19.1 Å². The first-order chi connectivity index (χ1) is 14.4. The fourth-order valence-electron chi connectivity index (χ4n) is 3.50. The van der Waals surface area contributed by atoms with E-state index in [-0.39, 0.29) is 17.9 Å². The SMILES string of the molecule is Cc1ccc(F)cc1C(=O)C1CN(c2nc(-c3ccncc3)cc(=O)n2C)CCO1. The molecule has 0 aliphatic carbocycles. The number of pyridine rings is 1. The second-order valence-electron chi connectivity index (χ2n) is 7.20. The molecule has 1 aliphatic heterocycles. The zero-order chi connectivity index (χ0) is 21.3. The van der Waals surface area contributed by atoms with Crippen LogP contribution in [-0.4, -0.2) is 46.1 Å². The third-order valence-corrected chi connectivity index (χ3v) is 5.19. The van der Waals surface area contributed by atoms with E-state index in [1.165, 1.54) is 22.8 Å². The number of morpholine rings is 1. The smallest absolute Gasteiger partial charge is 0.255 e. The van der Waals surface area contributed by atoms with Gasteiger partial charge in [-0.05, 0) is 36.8 Å². The van der Waals surface area contributed by atoms with Crippen molar-refractivity contribution in [3.63, 3.8) is 0 Å². The van der Waals surface area contributed by atoms with Gasteiger partial charge in [0.15, 0.2) is 5.78 Å². The third-order valence-electron chi connectivity index (χ3n) is 5.19. The summed E-state index contributed by atoms with van der Waals surface area (Å²) in [5, 5.41) is 0. The molecular formula is C22H21FN4O3. The van der Waals surface area contributed by atoms with Crippen molar-refractivity contribution in [1.29, 1.82) is 0 Å². The normalized spacial score (nSPS) is 16.5. The van der Waals surface area contributed by atoms with E-state index in [1.807, 2.05) is 4.90 Å². The van der Waals surface area contributed by atoms with Gasteiger partial charge < -0.3 is 9.64 Å². The second kappa shape index (κ2) is 8.16. The molecule has 0 radical (unpaired) electrons. The number of rotatable bonds is 4. The molecule has 0 spiro atoms. The summed E-state index contributed by atoms with van der Waals surface area (Å²) in [6.45, 7) is 2.75. The highest BCUT2D eigenvalue weighted by molar-refractivity contribution is 6.01.